The van der Waals surface area contributed by atoms with Crippen molar-refractivity contribution in [2.24, 2.45) is 17.3 Å². The van der Waals surface area contributed by atoms with Crippen molar-refractivity contribution in [1.29, 1.82) is 0 Å². The molecular formula is C31H39NO5. The SMILES string of the molecule is CCOC(=O)c1c(C)[nH]c(C(=O)[C@@H](C)OC(=O)C23C[C@H]4C[C@@H](C2)CC(c2ccc(C)c(C)c2)(C4)C3)c1C. The van der Waals surface area contributed by atoms with E-state index in [0.29, 0.717) is 34.4 Å². The van der Waals surface area contributed by atoms with Gasteiger partial charge < -0.3 is 14.5 Å². The van der Waals surface area contributed by atoms with Gasteiger partial charge in [-0.15, -0.1) is 0 Å². The molecule has 198 valence electrons. The third kappa shape index (κ3) is 4.22. The van der Waals surface area contributed by atoms with E-state index in [1.807, 2.05) is 0 Å². The lowest BCUT2D eigenvalue weighted by Gasteiger charge is -2.61. The zero-order chi connectivity index (χ0) is 26.7. The van der Waals surface area contributed by atoms with Crippen molar-refractivity contribution < 1.29 is 23.9 Å². The van der Waals surface area contributed by atoms with Crippen LogP contribution in [-0.2, 0) is 19.7 Å². The Hall–Kier alpha value is -2.89. The molecule has 1 heterocycles. The minimum absolute atomic E-state index is 0.0104. The van der Waals surface area contributed by atoms with E-state index < -0.39 is 17.5 Å². The maximum atomic E-state index is 13.8. The summed E-state index contributed by atoms with van der Waals surface area (Å²) in [4.78, 5) is 42.6. The highest BCUT2D eigenvalue weighted by Crippen LogP contribution is 2.66. The summed E-state index contributed by atoms with van der Waals surface area (Å²) in [5.41, 5.74) is 5.21. The predicted molar refractivity (Wildman–Crippen MR) is 141 cm³/mol. The number of Topliss-reactive ketones (excluding diaryl/α,β-unsaturated/α-hetero) is 1. The Morgan fingerprint density at radius 2 is 1.70 bits per heavy atom. The van der Waals surface area contributed by atoms with E-state index in [9.17, 15) is 14.4 Å². The first-order chi connectivity index (χ1) is 17.5. The van der Waals surface area contributed by atoms with Gasteiger partial charge in [-0.25, -0.2) is 4.79 Å². The average molecular weight is 506 g/mol. The molecule has 1 aromatic carbocycles. The Morgan fingerprint density at radius 3 is 2.32 bits per heavy atom. The van der Waals surface area contributed by atoms with Crippen LogP contribution < -0.4 is 0 Å². The molecule has 37 heavy (non-hydrogen) atoms. The normalized spacial score (nSPS) is 28.7. The van der Waals surface area contributed by atoms with Crippen LogP contribution in [0.4, 0.5) is 0 Å². The van der Waals surface area contributed by atoms with E-state index in [-0.39, 0.29) is 23.8 Å². The lowest BCUT2D eigenvalue weighted by atomic mass is 9.43. The summed E-state index contributed by atoms with van der Waals surface area (Å²) in [5.74, 6) is 0.0201. The van der Waals surface area contributed by atoms with Crippen LogP contribution in [0, 0.1) is 44.9 Å². The van der Waals surface area contributed by atoms with E-state index in [4.69, 9.17) is 9.47 Å². The number of rotatable bonds is 7. The molecule has 1 N–H and O–H groups in total. The van der Waals surface area contributed by atoms with Crippen molar-refractivity contribution in [3.05, 3.63) is 57.4 Å². The molecule has 4 saturated carbocycles. The zero-order valence-corrected chi connectivity index (χ0v) is 23.0. The van der Waals surface area contributed by atoms with E-state index in [1.165, 1.54) is 23.1 Å². The Morgan fingerprint density at radius 1 is 1.03 bits per heavy atom. The molecule has 1 aromatic heterocycles. The van der Waals surface area contributed by atoms with E-state index in [2.05, 4.69) is 37.0 Å². The van der Waals surface area contributed by atoms with Gasteiger partial charge in [-0.3, -0.25) is 9.59 Å². The number of aromatic nitrogens is 1. The molecule has 0 amide bonds. The van der Waals surface area contributed by atoms with Crippen LogP contribution in [0.25, 0.3) is 0 Å². The molecule has 4 aliphatic rings. The second-order valence-electron chi connectivity index (χ2n) is 12.1. The van der Waals surface area contributed by atoms with Gasteiger partial charge in [0.2, 0.25) is 5.78 Å². The second kappa shape index (κ2) is 9.14. The molecule has 0 radical (unpaired) electrons. The lowest BCUT2D eigenvalue weighted by Crippen LogP contribution is -2.57. The van der Waals surface area contributed by atoms with Crippen LogP contribution in [0.2, 0.25) is 0 Å². The first kappa shape index (κ1) is 25.7. The molecule has 4 aliphatic carbocycles. The summed E-state index contributed by atoms with van der Waals surface area (Å²) in [6.45, 7) is 11.4. The Labute approximate surface area is 219 Å². The van der Waals surface area contributed by atoms with Gasteiger partial charge in [-0.1, -0.05) is 18.2 Å². The second-order valence-corrected chi connectivity index (χ2v) is 12.1. The molecule has 6 heteroatoms. The van der Waals surface area contributed by atoms with Gasteiger partial charge in [0.15, 0.2) is 6.10 Å². The fourth-order valence-corrected chi connectivity index (χ4v) is 7.96. The van der Waals surface area contributed by atoms with Gasteiger partial charge in [-0.05, 0) is 120 Å². The highest BCUT2D eigenvalue weighted by Gasteiger charge is 2.62. The number of ketones is 1. The topological polar surface area (TPSA) is 85.5 Å². The number of aromatic amines is 1. The number of aryl methyl sites for hydroxylation is 3. The van der Waals surface area contributed by atoms with Crippen LogP contribution in [0.3, 0.4) is 0 Å². The molecule has 4 bridgehead atoms. The minimum atomic E-state index is -0.940. The van der Waals surface area contributed by atoms with E-state index in [0.717, 1.165) is 32.1 Å². The van der Waals surface area contributed by atoms with E-state index in [1.54, 1.807) is 27.7 Å². The Balaban J connectivity index is 1.37. The van der Waals surface area contributed by atoms with Gasteiger partial charge in [0.1, 0.15) is 0 Å². The van der Waals surface area contributed by atoms with Crippen LogP contribution >= 0.6 is 0 Å². The van der Waals surface area contributed by atoms with Gasteiger partial charge in [0.05, 0.1) is 23.3 Å². The number of carbonyl (C=O) groups is 3. The van der Waals surface area contributed by atoms with Crippen LogP contribution in [-0.4, -0.2) is 35.4 Å². The quantitative estimate of drug-likeness (QED) is 0.364. The molecule has 0 spiro atoms. The standard InChI is InChI=1S/C31H39NO5/c1-7-36-28(34)25-19(4)26(32-20(25)5)27(33)21(6)37-29(35)31-14-22-11-23(15-31)13-30(12-22,16-31)24-9-8-17(2)18(3)10-24/h8-10,21-23,32H,7,11-16H2,1-6H3/t21-,22-,23+,30?,31?/m1/s1. The lowest BCUT2D eigenvalue weighted by molar-refractivity contribution is -0.176. The molecule has 6 nitrogen and oxygen atoms in total. The van der Waals surface area contributed by atoms with Crippen LogP contribution in [0.1, 0.15) is 101 Å². The number of hydrogen-bond acceptors (Lipinski definition) is 5. The van der Waals surface area contributed by atoms with Gasteiger partial charge in [0.25, 0.3) is 0 Å². The maximum absolute atomic E-state index is 13.8. The molecule has 6 rings (SSSR count). The maximum Gasteiger partial charge on any atom is 0.340 e. The molecule has 2 unspecified atom stereocenters. The van der Waals surface area contributed by atoms with E-state index >= 15 is 0 Å². The first-order valence-corrected chi connectivity index (χ1v) is 13.7. The molecule has 0 aliphatic heterocycles. The monoisotopic (exact) mass is 505 g/mol. The number of esters is 2. The number of benzene rings is 1. The predicted octanol–water partition coefficient (Wildman–Crippen LogP) is 6.08. The Bertz CT molecular complexity index is 1260. The summed E-state index contributed by atoms with van der Waals surface area (Å²) in [6.07, 6.45) is 5.01. The van der Waals surface area contributed by atoms with Crippen molar-refractivity contribution in [3.8, 4) is 0 Å². The summed E-state index contributed by atoms with van der Waals surface area (Å²) >= 11 is 0. The summed E-state index contributed by atoms with van der Waals surface area (Å²) in [7, 11) is 0. The summed E-state index contributed by atoms with van der Waals surface area (Å²) < 4.78 is 11.1. The molecule has 2 aromatic rings. The summed E-state index contributed by atoms with van der Waals surface area (Å²) in [6, 6.07) is 6.80. The molecule has 4 fully saturated rings. The smallest absolute Gasteiger partial charge is 0.340 e. The number of carbonyl (C=O) groups excluding carboxylic acids is 3. The van der Waals surface area contributed by atoms with Crippen molar-refractivity contribution in [2.45, 2.75) is 91.6 Å². The molecule has 5 atom stereocenters. The van der Waals surface area contributed by atoms with Gasteiger partial charge in [0, 0.05) is 5.69 Å². The highest BCUT2D eigenvalue weighted by atomic mass is 16.5. The number of nitrogens with one attached hydrogen (secondary N) is 1. The minimum Gasteiger partial charge on any atom is -0.462 e. The third-order valence-electron chi connectivity index (χ3n) is 9.43. The van der Waals surface area contributed by atoms with Gasteiger partial charge >= 0.3 is 11.9 Å². The van der Waals surface area contributed by atoms with Crippen molar-refractivity contribution in [2.75, 3.05) is 6.61 Å². The Kier molecular flexibility index (Phi) is 6.36. The largest absolute Gasteiger partial charge is 0.462 e. The first-order valence-electron chi connectivity index (χ1n) is 13.7. The fourth-order valence-electron chi connectivity index (χ4n) is 7.96. The zero-order valence-electron chi connectivity index (χ0n) is 23.0. The highest BCUT2D eigenvalue weighted by molar-refractivity contribution is 6.04. The third-order valence-corrected chi connectivity index (χ3v) is 9.43. The molecule has 0 saturated heterocycles. The number of hydrogen-bond donors (Lipinski definition) is 1. The van der Waals surface area contributed by atoms with Crippen molar-refractivity contribution >= 4 is 17.7 Å². The number of H-pyrrole nitrogens is 1. The average Bonchev–Trinajstić information content (AvgIpc) is 3.13. The summed E-state index contributed by atoms with van der Waals surface area (Å²) in [5, 5.41) is 0. The molecular weight excluding hydrogens is 466 g/mol. The van der Waals surface area contributed by atoms with Gasteiger partial charge in [-0.2, -0.15) is 0 Å². The van der Waals surface area contributed by atoms with Crippen LogP contribution in [0.5, 0.6) is 0 Å². The number of ether oxygens (including phenoxy) is 2. The fraction of sp³-hybridized carbons (Fsp3) is 0.581. The van der Waals surface area contributed by atoms with Crippen molar-refractivity contribution in [3.63, 3.8) is 0 Å². The van der Waals surface area contributed by atoms with Crippen LogP contribution in [0.15, 0.2) is 18.2 Å². The van der Waals surface area contributed by atoms with Crippen molar-refractivity contribution in [1.82, 2.24) is 4.98 Å².